The molecule has 2 aromatic carbocycles. The van der Waals surface area contributed by atoms with E-state index in [2.05, 4.69) is 53.5 Å². The van der Waals surface area contributed by atoms with Crippen LogP contribution in [0.2, 0.25) is 0 Å². The summed E-state index contributed by atoms with van der Waals surface area (Å²) in [5.74, 6) is 0. The second-order valence-electron chi connectivity index (χ2n) is 4.37. The van der Waals surface area contributed by atoms with Crippen molar-refractivity contribution in [3.8, 4) is 0 Å². The first-order chi connectivity index (χ1) is 9.45. The molecule has 96 valence electrons. The van der Waals surface area contributed by atoms with Crippen LogP contribution in [0.15, 0.2) is 71.7 Å². The van der Waals surface area contributed by atoms with Crippen LogP contribution in [0.5, 0.6) is 0 Å². The van der Waals surface area contributed by atoms with Crippen LogP contribution in [-0.2, 0) is 6.42 Å². The van der Waals surface area contributed by atoms with E-state index < -0.39 is 0 Å². The zero-order valence-electron chi connectivity index (χ0n) is 11.1. The molecule has 0 aromatic heterocycles. The minimum atomic E-state index is 0.864. The average molecular weight is 249 g/mol. The molecule has 0 aliphatic carbocycles. The molecule has 0 radical (unpaired) electrons. The van der Waals surface area contributed by atoms with Gasteiger partial charge in [0, 0.05) is 19.2 Å². The van der Waals surface area contributed by atoms with Gasteiger partial charge in [0.2, 0.25) is 0 Å². The molecule has 19 heavy (non-hydrogen) atoms. The summed E-state index contributed by atoms with van der Waals surface area (Å²) in [7, 11) is 0. The van der Waals surface area contributed by atoms with Crippen molar-refractivity contribution in [2.45, 2.75) is 12.8 Å². The van der Waals surface area contributed by atoms with Crippen molar-refractivity contribution >= 4 is 12.3 Å². The predicted molar refractivity (Wildman–Crippen MR) is 83.6 cm³/mol. The van der Waals surface area contributed by atoms with Gasteiger partial charge >= 0.3 is 0 Å². The first kappa shape index (κ1) is 13.3. The summed E-state index contributed by atoms with van der Waals surface area (Å²) in [5.41, 5.74) is 2.58. The zero-order chi connectivity index (χ0) is 13.2. The van der Waals surface area contributed by atoms with Crippen molar-refractivity contribution < 1.29 is 0 Å². The van der Waals surface area contributed by atoms with Gasteiger partial charge in [-0.15, -0.1) is 0 Å². The van der Waals surface area contributed by atoms with Gasteiger partial charge in [0.25, 0.3) is 0 Å². The van der Waals surface area contributed by atoms with Gasteiger partial charge in [0.15, 0.2) is 0 Å². The van der Waals surface area contributed by atoms with E-state index in [9.17, 15) is 0 Å². The molecular formula is C18H19N. The number of rotatable bonds is 6. The topological polar surface area (TPSA) is 12.4 Å². The van der Waals surface area contributed by atoms with Crippen LogP contribution in [0.3, 0.4) is 0 Å². The summed E-state index contributed by atoms with van der Waals surface area (Å²) in [6.45, 7) is 0.864. The molecule has 0 fully saturated rings. The number of allylic oxidation sites excluding steroid dienone is 1. The van der Waals surface area contributed by atoms with Crippen molar-refractivity contribution in [1.29, 1.82) is 0 Å². The molecule has 0 amide bonds. The van der Waals surface area contributed by atoms with E-state index in [1.807, 2.05) is 30.5 Å². The zero-order valence-corrected chi connectivity index (χ0v) is 11.1. The largest absolute Gasteiger partial charge is 0.297 e. The van der Waals surface area contributed by atoms with Gasteiger partial charge in [-0.05, 0) is 17.5 Å². The molecule has 2 aromatic rings. The highest BCUT2D eigenvalue weighted by atomic mass is 14.7. The van der Waals surface area contributed by atoms with Gasteiger partial charge < -0.3 is 0 Å². The fourth-order valence-electron chi connectivity index (χ4n) is 1.83. The van der Waals surface area contributed by atoms with Gasteiger partial charge in [-0.25, -0.2) is 0 Å². The molecule has 0 aliphatic heterocycles. The molecule has 1 heteroatoms. The van der Waals surface area contributed by atoms with Crippen molar-refractivity contribution in [3.05, 3.63) is 77.9 Å². The summed E-state index contributed by atoms with van der Waals surface area (Å²) in [6, 6.07) is 20.8. The Morgan fingerprint density at radius 3 is 2.26 bits per heavy atom. The summed E-state index contributed by atoms with van der Waals surface area (Å²) in [5, 5.41) is 0. The van der Waals surface area contributed by atoms with Crippen LogP contribution in [0.25, 0.3) is 6.08 Å². The lowest BCUT2D eigenvalue weighted by molar-refractivity contribution is 0.970. The highest BCUT2D eigenvalue weighted by Gasteiger charge is 1.88. The molecule has 0 heterocycles. The Morgan fingerprint density at radius 2 is 1.53 bits per heavy atom. The second-order valence-corrected chi connectivity index (χ2v) is 4.37. The smallest absolute Gasteiger partial charge is 0.0425 e. The lowest BCUT2D eigenvalue weighted by Gasteiger charge is -1.96. The summed E-state index contributed by atoms with van der Waals surface area (Å²) >= 11 is 0. The lowest BCUT2D eigenvalue weighted by Crippen LogP contribution is -1.88. The molecule has 0 aliphatic rings. The Bertz CT molecular complexity index is 512. The van der Waals surface area contributed by atoms with Crippen molar-refractivity contribution in [1.82, 2.24) is 0 Å². The molecule has 1 nitrogen and oxygen atoms in total. The lowest BCUT2D eigenvalue weighted by atomic mass is 10.1. The summed E-state index contributed by atoms with van der Waals surface area (Å²) in [6.07, 6.45) is 8.16. The van der Waals surface area contributed by atoms with Crippen LogP contribution in [-0.4, -0.2) is 12.8 Å². The summed E-state index contributed by atoms with van der Waals surface area (Å²) < 4.78 is 0. The van der Waals surface area contributed by atoms with Crippen LogP contribution in [0.1, 0.15) is 17.5 Å². The van der Waals surface area contributed by atoms with E-state index in [0.29, 0.717) is 0 Å². The molecule has 0 saturated carbocycles. The molecule has 2 rings (SSSR count). The molecule has 0 atom stereocenters. The maximum Gasteiger partial charge on any atom is 0.0425 e. The Labute approximate surface area is 115 Å². The number of nitrogens with zero attached hydrogens (tertiary/aromatic N) is 1. The monoisotopic (exact) mass is 249 g/mol. The normalized spacial score (nSPS) is 11.4. The van der Waals surface area contributed by atoms with Crippen LogP contribution >= 0.6 is 0 Å². The highest BCUT2D eigenvalue weighted by Crippen LogP contribution is 2.01. The highest BCUT2D eigenvalue weighted by molar-refractivity contribution is 5.62. The van der Waals surface area contributed by atoms with Crippen molar-refractivity contribution in [2.75, 3.05) is 6.54 Å². The van der Waals surface area contributed by atoms with Gasteiger partial charge in [0.1, 0.15) is 0 Å². The fourth-order valence-corrected chi connectivity index (χ4v) is 1.83. The molecular weight excluding hydrogens is 230 g/mol. The molecule has 0 unspecified atom stereocenters. The fraction of sp³-hybridized carbons (Fsp3) is 0.167. The van der Waals surface area contributed by atoms with E-state index in [1.165, 1.54) is 11.1 Å². The first-order valence-electron chi connectivity index (χ1n) is 6.69. The van der Waals surface area contributed by atoms with E-state index in [0.717, 1.165) is 19.4 Å². The standard InChI is InChI=1S/C18H19N/c1-3-9-17(10-4-1)13-7-8-15-19-16-14-18-11-5-2-6-12-18/h1-7,9-13,15H,8,14,16H2/b13-7+,19-15?. The average Bonchev–Trinajstić information content (AvgIpc) is 2.48. The van der Waals surface area contributed by atoms with Crippen LogP contribution in [0, 0.1) is 0 Å². The van der Waals surface area contributed by atoms with E-state index in [4.69, 9.17) is 0 Å². The third-order valence-electron chi connectivity index (χ3n) is 2.85. The Kier molecular flexibility index (Phi) is 5.62. The predicted octanol–water partition coefficient (Wildman–Crippen LogP) is 4.40. The minimum absolute atomic E-state index is 0.864. The van der Waals surface area contributed by atoms with Crippen molar-refractivity contribution in [2.24, 2.45) is 4.99 Å². The number of hydrogen-bond donors (Lipinski definition) is 0. The quantitative estimate of drug-likeness (QED) is 0.673. The van der Waals surface area contributed by atoms with Crippen LogP contribution < -0.4 is 0 Å². The van der Waals surface area contributed by atoms with Gasteiger partial charge in [-0.2, -0.15) is 0 Å². The molecule has 0 saturated heterocycles. The third-order valence-corrected chi connectivity index (χ3v) is 2.85. The maximum atomic E-state index is 4.42. The first-order valence-corrected chi connectivity index (χ1v) is 6.69. The summed E-state index contributed by atoms with van der Waals surface area (Å²) in [4.78, 5) is 4.42. The second kappa shape index (κ2) is 8.04. The van der Waals surface area contributed by atoms with E-state index >= 15 is 0 Å². The Morgan fingerprint density at radius 1 is 0.842 bits per heavy atom. The van der Waals surface area contributed by atoms with E-state index in [-0.39, 0.29) is 0 Å². The van der Waals surface area contributed by atoms with Gasteiger partial charge in [-0.3, -0.25) is 4.99 Å². The number of benzene rings is 2. The third kappa shape index (κ3) is 5.35. The Balaban J connectivity index is 1.66. The number of aliphatic imine (C=N–C) groups is 1. The minimum Gasteiger partial charge on any atom is -0.297 e. The molecule has 0 bridgehead atoms. The maximum absolute atomic E-state index is 4.42. The van der Waals surface area contributed by atoms with Crippen molar-refractivity contribution in [3.63, 3.8) is 0 Å². The molecule has 0 spiro atoms. The SMILES string of the molecule is C(C/C=C/c1ccccc1)=NCCc1ccccc1. The number of hydrogen-bond acceptors (Lipinski definition) is 1. The van der Waals surface area contributed by atoms with Crippen LogP contribution in [0.4, 0.5) is 0 Å². The Hall–Kier alpha value is -2.15. The van der Waals surface area contributed by atoms with Gasteiger partial charge in [0.05, 0.1) is 0 Å². The molecule has 0 N–H and O–H groups in total. The van der Waals surface area contributed by atoms with E-state index in [1.54, 1.807) is 0 Å². The van der Waals surface area contributed by atoms with Gasteiger partial charge in [-0.1, -0.05) is 72.8 Å².